The molecule has 0 aromatic rings. The van der Waals surface area contributed by atoms with Crippen LogP contribution in [0.4, 0.5) is 0 Å². The van der Waals surface area contributed by atoms with Crippen molar-refractivity contribution in [2.24, 2.45) is 11.8 Å². The molecule has 0 radical (unpaired) electrons. The largest absolute Gasteiger partial charge is 0.384 e. The molecule has 0 spiro atoms. The van der Waals surface area contributed by atoms with E-state index in [2.05, 4.69) is 33.0 Å². The van der Waals surface area contributed by atoms with E-state index in [-0.39, 0.29) is 0 Å². The fourth-order valence-electron chi connectivity index (χ4n) is 1.68. The van der Waals surface area contributed by atoms with Gasteiger partial charge in [0.25, 0.3) is 0 Å². The zero-order valence-corrected chi connectivity index (χ0v) is 11.2. The standard InChI is InChI=1S/C13H29NO/c1-11(2)7-6-8-13(4)14-9-12(3)10-15-5/h11-14H,6-10H2,1-5H3. The number of hydrogen-bond donors (Lipinski definition) is 1. The van der Waals surface area contributed by atoms with Crippen molar-refractivity contribution < 1.29 is 4.74 Å². The summed E-state index contributed by atoms with van der Waals surface area (Å²) in [5.41, 5.74) is 0. The van der Waals surface area contributed by atoms with Gasteiger partial charge in [0.1, 0.15) is 0 Å². The van der Waals surface area contributed by atoms with Crippen LogP contribution in [0.1, 0.15) is 47.0 Å². The lowest BCUT2D eigenvalue weighted by atomic mass is 10.0. The Bertz CT molecular complexity index is 136. The number of rotatable bonds is 9. The zero-order chi connectivity index (χ0) is 11.7. The van der Waals surface area contributed by atoms with Crippen molar-refractivity contribution in [3.63, 3.8) is 0 Å². The van der Waals surface area contributed by atoms with Gasteiger partial charge in [-0.05, 0) is 25.2 Å². The molecule has 0 fully saturated rings. The van der Waals surface area contributed by atoms with Crippen LogP contribution in [0, 0.1) is 11.8 Å². The quantitative estimate of drug-likeness (QED) is 0.638. The van der Waals surface area contributed by atoms with Crippen LogP contribution in [0.5, 0.6) is 0 Å². The molecule has 0 aliphatic carbocycles. The second-order valence-corrected chi connectivity index (χ2v) is 5.19. The lowest BCUT2D eigenvalue weighted by Crippen LogP contribution is -2.31. The SMILES string of the molecule is COCC(C)CNC(C)CCCC(C)C. The van der Waals surface area contributed by atoms with E-state index in [1.54, 1.807) is 7.11 Å². The number of ether oxygens (including phenoxy) is 1. The van der Waals surface area contributed by atoms with Crippen LogP contribution in [0.3, 0.4) is 0 Å². The molecular formula is C13H29NO. The summed E-state index contributed by atoms with van der Waals surface area (Å²) in [5, 5.41) is 3.56. The number of methoxy groups -OCH3 is 1. The predicted molar refractivity (Wildman–Crippen MR) is 67.2 cm³/mol. The summed E-state index contributed by atoms with van der Waals surface area (Å²) in [6.07, 6.45) is 3.97. The van der Waals surface area contributed by atoms with Gasteiger partial charge in [-0.1, -0.05) is 33.6 Å². The zero-order valence-electron chi connectivity index (χ0n) is 11.2. The average molecular weight is 215 g/mol. The van der Waals surface area contributed by atoms with Crippen molar-refractivity contribution in [1.82, 2.24) is 5.32 Å². The second kappa shape index (κ2) is 9.17. The Kier molecular flexibility index (Phi) is 9.12. The molecule has 0 aliphatic rings. The first-order valence-electron chi connectivity index (χ1n) is 6.28. The summed E-state index contributed by atoms with van der Waals surface area (Å²) in [6.45, 7) is 11.0. The molecule has 0 saturated carbocycles. The van der Waals surface area contributed by atoms with Gasteiger partial charge in [-0.2, -0.15) is 0 Å². The molecule has 0 rings (SSSR count). The highest BCUT2D eigenvalue weighted by Gasteiger charge is 2.05. The van der Waals surface area contributed by atoms with Crippen molar-refractivity contribution in [3.05, 3.63) is 0 Å². The molecule has 1 N–H and O–H groups in total. The Labute approximate surface area is 95.8 Å². The van der Waals surface area contributed by atoms with Gasteiger partial charge in [0.05, 0.1) is 0 Å². The minimum absolute atomic E-state index is 0.613. The first-order chi connectivity index (χ1) is 7.06. The van der Waals surface area contributed by atoms with Gasteiger partial charge in [-0.25, -0.2) is 0 Å². The van der Waals surface area contributed by atoms with Crippen LogP contribution in [-0.4, -0.2) is 26.3 Å². The highest BCUT2D eigenvalue weighted by molar-refractivity contribution is 4.64. The maximum Gasteiger partial charge on any atom is 0.0499 e. The first-order valence-corrected chi connectivity index (χ1v) is 6.28. The molecule has 15 heavy (non-hydrogen) atoms. The fraction of sp³-hybridized carbons (Fsp3) is 1.00. The minimum atomic E-state index is 0.613. The van der Waals surface area contributed by atoms with E-state index in [9.17, 15) is 0 Å². The smallest absolute Gasteiger partial charge is 0.0499 e. The van der Waals surface area contributed by atoms with Gasteiger partial charge >= 0.3 is 0 Å². The molecule has 2 heteroatoms. The molecule has 0 aromatic heterocycles. The second-order valence-electron chi connectivity index (χ2n) is 5.19. The van der Waals surface area contributed by atoms with E-state index >= 15 is 0 Å². The Hall–Kier alpha value is -0.0800. The molecule has 0 heterocycles. The molecule has 92 valence electrons. The summed E-state index contributed by atoms with van der Waals surface area (Å²) in [7, 11) is 1.77. The third kappa shape index (κ3) is 10.2. The third-order valence-electron chi connectivity index (χ3n) is 2.68. The van der Waals surface area contributed by atoms with Crippen molar-refractivity contribution >= 4 is 0 Å². The molecule has 0 aromatic carbocycles. The molecule has 2 unspecified atom stereocenters. The van der Waals surface area contributed by atoms with Crippen molar-refractivity contribution in [1.29, 1.82) is 0 Å². The number of nitrogens with one attached hydrogen (secondary N) is 1. The topological polar surface area (TPSA) is 21.3 Å². The molecule has 0 aliphatic heterocycles. The highest BCUT2D eigenvalue weighted by Crippen LogP contribution is 2.08. The molecule has 0 bridgehead atoms. The van der Waals surface area contributed by atoms with Crippen LogP contribution in [0.2, 0.25) is 0 Å². The van der Waals surface area contributed by atoms with E-state index in [1.807, 2.05) is 0 Å². The van der Waals surface area contributed by atoms with Gasteiger partial charge in [-0.3, -0.25) is 0 Å². The van der Waals surface area contributed by atoms with Gasteiger partial charge in [0, 0.05) is 26.3 Å². The van der Waals surface area contributed by atoms with Gasteiger partial charge < -0.3 is 10.1 Å². The molecule has 2 nitrogen and oxygen atoms in total. The maximum absolute atomic E-state index is 5.11. The average Bonchev–Trinajstić information content (AvgIpc) is 2.14. The molecule has 0 saturated heterocycles. The molecular weight excluding hydrogens is 186 g/mol. The van der Waals surface area contributed by atoms with E-state index in [0.717, 1.165) is 19.1 Å². The summed E-state index contributed by atoms with van der Waals surface area (Å²) in [5.74, 6) is 1.45. The lowest BCUT2D eigenvalue weighted by molar-refractivity contribution is 0.157. The van der Waals surface area contributed by atoms with Crippen molar-refractivity contribution in [2.45, 2.75) is 53.0 Å². The summed E-state index contributed by atoms with van der Waals surface area (Å²) in [4.78, 5) is 0. The van der Waals surface area contributed by atoms with E-state index in [0.29, 0.717) is 12.0 Å². The Morgan fingerprint density at radius 2 is 1.73 bits per heavy atom. The van der Waals surface area contributed by atoms with Crippen LogP contribution >= 0.6 is 0 Å². The van der Waals surface area contributed by atoms with Gasteiger partial charge in [-0.15, -0.1) is 0 Å². The predicted octanol–water partition coefficient (Wildman–Crippen LogP) is 3.07. The molecule has 2 atom stereocenters. The summed E-state index contributed by atoms with van der Waals surface area (Å²) in [6, 6.07) is 0.642. The summed E-state index contributed by atoms with van der Waals surface area (Å²) >= 11 is 0. The van der Waals surface area contributed by atoms with Crippen LogP contribution in [-0.2, 0) is 4.74 Å². The van der Waals surface area contributed by atoms with E-state index in [1.165, 1.54) is 19.3 Å². The van der Waals surface area contributed by atoms with E-state index < -0.39 is 0 Å². The fourth-order valence-corrected chi connectivity index (χ4v) is 1.68. The van der Waals surface area contributed by atoms with Gasteiger partial charge in [0.15, 0.2) is 0 Å². The van der Waals surface area contributed by atoms with Crippen molar-refractivity contribution in [2.75, 3.05) is 20.3 Å². The molecule has 0 amide bonds. The number of hydrogen-bond acceptors (Lipinski definition) is 2. The minimum Gasteiger partial charge on any atom is -0.384 e. The summed E-state index contributed by atoms with van der Waals surface area (Å²) < 4.78 is 5.11. The Balaban J connectivity index is 3.36. The van der Waals surface area contributed by atoms with Crippen LogP contribution in [0.25, 0.3) is 0 Å². The van der Waals surface area contributed by atoms with Crippen LogP contribution in [0.15, 0.2) is 0 Å². The van der Waals surface area contributed by atoms with E-state index in [4.69, 9.17) is 4.74 Å². The third-order valence-corrected chi connectivity index (χ3v) is 2.68. The lowest BCUT2D eigenvalue weighted by Gasteiger charge is -2.17. The Morgan fingerprint density at radius 3 is 2.27 bits per heavy atom. The van der Waals surface area contributed by atoms with Crippen molar-refractivity contribution in [3.8, 4) is 0 Å². The first kappa shape index (κ1) is 14.9. The van der Waals surface area contributed by atoms with Gasteiger partial charge in [0.2, 0.25) is 0 Å². The maximum atomic E-state index is 5.11. The monoisotopic (exact) mass is 215 g/mol. The highest BCUT2D eigenvalue weighted by atomic mass is 16.5. The normalized spacial score (nSPS) is 15.6. The Morgan fingerprint density at radius 1 is 1.07 bits per heavy atom. The van der Waals surface area contributed by atoms with Crippen LogP contribution < -0.4 is 5.32 Å².